The molecule has 2 aliphatic rings. The lowest BCUT2D eigenvalue weighted by Crippen LogP contribution is -2.50. The third-order valence-corrected chi connectivity index (χ3v) is 5.95. The number of amides is 3. The molecule has 2 aliphatic heterocycles. The van der Waals surface area contributed by atoms with E-state index in [2.05, 4.69) is 5.32 Å². The number of anilines is 2. The van der Waals surface area contributed by atoms with Gasteiger partial charge in [0.25, 0.3) is 0 Å². The first kappa shape index (κ1) is 21.1. The molecule has 6 nitrogen and oxygen atoms in total. The Morgan fingerprint density at radius 2 is 1.87 bits per heavy atom. The molecule has 0 saturated carbocycles. The Hall–Kier alpha value is -3.15. The lowest BCUT2D eigenvalue weighted by atomic mass is 9.92. The van der Waals surface area contributed by atoms with Crippen molar-refractivity contribution in [2.45, 2.75) is 52.1 Å². The molecule has 1 fully saturated rings. The smallest absolute Gasteiger partial charge is 0.247 e. The van der Waals surface area contributed by atoms with E-state index in [9.17, 15) is 14.4 Å². The largest absolute Gasteiger partial charge is 0.326 e. The zero-order chi connectivity index (χ0) is 22.0. The molecule has 1 unspecified atom stereocenters. The molecule has 162 valence electrons. The van der Waals surface area contributed by atoms with Crippen LogP contribution in [0.4, 0.5) is 11.4 Å². The average Bonchev–Trinajstić information content (AvgIpc) is 3.18. The average molecular weight is 420 g/mol. The Balaban J connectivity index is 1.55. The SMILES string of the molecule is CC(C)CC(=O)N1Cc2ccccc2CC1C(=O)Nc1cccc(N2CCCC2=O)c1. The highest BCUT2D eigenvalue weighted by Gasteiger charge is 2.34. The van der Waals surface area contributed by atoms with Gasteiger partial charge >= 0.3 is 0 Å². The zero-order valence-electron chi connectivity index (χ0n) is 18.1. The molecule has 0 spiro atoms. The second-order valence-corrected chi connectivity index (χ2v) is 8.80. The number of carbonyl (C=O) groups excluding carboxylic acids is 3. The first-order valence-corrected chi connectivity index (χ1v) is 11.0. The normalized spacial score (nSPS) is 18.3. The molecular formula is C25H29N3O3. The van der Waals surface area contributed by atoms with Gasteiger partial charge in [0, 0.05) is 43.7 Å². The van der Waals surface area contributed by atoms with Gasteiger partial charge in [-0.15, -0.1) is 0 Å². The molecule has 4 rings (SSSR count). The molecule has 1 atom stereocenters. The monoisotopic (exact) mass is 419 g/mol. The predicted molar refractivity (Wildman–Crippen MR) is 121 cm³/mol. The minimum atomic E-state index is -0.557. The van der Waals surface area contributed by atoms with Crippen LogP contribution in [0.1, 0.15) is 44.2 Å². The Kier molecular flexibility index (Phi) is 6.07. The van der Waals surface area contributed by atoms with Crippen molar-refractivity contribution < 1.29 is 14.4 Å². The summed E-state index contributed by atoms with van der Waals surface area (Å²) >= 11 is 0. The molecule has 3 amide bonds. The summed E-state index contributed by atoms with van der Waals surface area (Å²) in [6.07, 6.45) is 2.32. The number of carbonyl (C=O) groups is 3. The molecule has 1 N–H and O–H groups in total. The number of hydrogen-bond acceptors (Lipinski definition) is 3. The van der Waals surface area contributed by atoms with E-state index >= 15 is 0 Å². The molecule has 2 aromatic carbocycles. The Morgan fingerprint density at radius 3 is 2.58 bits per heavy atom. The maximum Gasteiger partial charge on any atom is 0.247 e. The van der Waals surface area contributed by atoms with Gasteiger partial charge in [0.2, 0.25) is 17.7 Å². The van der Waals surface area contributed by atoms with Gasteiger partial charge in [-0.3, -0.25) is 14.4 Å². The van der Waals surface area contributed by atoms with Gasteiger partial charge in [-0.05, 0) is 41.7 Å². The van der Waals surface area contributed by atoms with Crippen LogP contribution in [0.15, 0.2) is 48.5 Å². The van der Waals surface area contributed by atoms with Gasteiger partial charge in [-0.1, -0.05) is 44.2 Å². The zero-order valence-corrected chi connectivity index (χ0v) is 18.1. The lowest BCUT2D eigenvalue weighted by molar-refractivity contribution is -0.140. The highest BCUT2D eigenvalue weighted by molar-refractivity contribution is 5.99. The van der Waals surface area contributed by atoms with Crippen molar-refractivity contribution in [1.82, 2.24) is 4.90 Å². The Morgan fingerprint density at radius 1 is 1.10 bits per heavy atom. The molecule has 2 heterocycles. The van der Waals surface area contributed by atoms with Gasteiger partial charge in [0.05, 0.1) is 0 Å². The minimum Gasteiger partial charge on any atom is -0.326 e. The molecule has 0 aliphatic carbocycles. The fourth-order valence-corrected chi connectivity index (χ4v) is 4.38. The lowest BCUT2D eigenvalue weighted by Gasteiger charge is -2.36. The summed E-state index contributed by atoms with van der Waals surface area (Å²) in [5.74, 6) is 0.137. The van der Waals surface area contributed by atoms with E-state index in [0.717, 1.165) is 23.2 Å². The highest BCUT2D eigenvalue weighted by atomic mass is 16.2. The standard InChI is InChI=1S/C25H29N3O3/c1-17(2)13-24(30)28-16-19-8-4-3-7-18(19)14-22(28)25(31)26-20-9-5-10-21(15-20)27-12-6-11-23(27)29/h3-5,7-10,15,17,22H,6,11-14,16H2,1-2H3,(H,26,31). The van der Waals surface area contributed by atoms with Crippen LogP contribution in [-0.2, 0) is 27.3 Å². The van der Waals surface area contributed by atoms with Crippen LogP contribution in [0, 0.1) is 5.92 Å². The molecule has 1 saturated heterocycles. The van der Waals surface area contributed by atoms with Crippen LogP contribution < -0.4 is 10.2 Å². The van der Waals surface area contributed by atoms with Crippen LogP contribution >= 0.6 is 0 Å². The number of benzene rings is 2. The number of fused-ring (bicyclic) bond motifs is 1. The molecule has 0 aromatic heterocycles. The summed E-state index contributed by atoms with van der Waals surface area (Å²) in [4.78, 5) is 41.8. The summed E-state index contributed by atoms with van der Waals surface area (Å²) in [5, 5.41) is 2.99. The first-order chi connectivity index (χ1) is 14.9. The van der Waals surface area contributed by atoms with Crippen LogP contribution in [0.25, 0.3) is 0 Å². The number of rotatable bonds is 5. The van der Waals surface area contributed by atoms with E-state index in [-0.39, 0.29) is 23.6 Å². The second-order valence-electron chi connectivity index (χ2n) is 8.80. The molecule has 2 aromatic rings. The van der Waals surface area contributed by atoms with E-state index in [1.165, 1.54) is 0 Å². The van der Waals surface area contributed by atoms with E-state index in [4.69, 9.17) is 0 Å². The first-order valence-electron chi connectivity index (χ1n) is 11.0. The minimum absolute atomic E-state index is 0.000988. The van der Waals surface area contributed by atoms with Crippen molar-refractivity contribution in [1.29, 1.82) is 0 Å². The molecule has 6 heteroatoms. The number of hydrogen-bond donors (Lipinski definition) is 1. The van der Waals surface area contributed by atoms with Gasteiger partial charge in [-0.25, -0.2) is 0 Å². The van der Waals surface area contributed by atoms with Gasteiger partial charge in [0.15, 0.2) is 0 Å². The summed E-state index contributed by atoms with van der Waals surface area (Å²) in [5.41, 5.74) is 3.63. The van der Waals surface area contributed by atoms with Crippen LogP contribution in [-0.4, -0.2) is 35.2 Å². The van der Waals surface area contributed by atoms with Gasteiger partial charge < -0.3 is 15.1 Å². The maximum atomic E-state index is 13.3. The quantitative estimate of drug-likeness (QED) is 0.802. The van der Waals surface area contributed by atoms with Crippen molar-refractivity contribution in [2.24, 2.45) is 5.92 Å². The fourth-order valence-electron chi connectivity index (χ4n) is 4.38. The van der Waals surface area contributed by atoms with Gasteiger partial charge in [0.1, 0.15) is 6.04 Å². The van der Waals surface area contributed by atoms with Gasteiger partial charge in [-0.2, -0.15) is 0 Å². The Bertz CT molecular complexity index is 1000. The van der Waals surface area contributed by atoms with Crippen molar-refractivity contribution in [3.05, 3.63) is 59.7 Å². The van der Waals surface area contributed by atoms with E-state index in [1.54, 1.807) is 9.80 Å². The van der Waals surface area contributed by atoms with Crippen LogP contribution in [0.2, 0.25) is 0 Å². The third kappa shape index (κ3) is 4.63. The summed E-state index contributed by atoms with van der Waals surface area (Å²) < 4.78 is 0. The fraction of sp³-hybridized carbons (Fsp3) is 0.400. The molecule has 0 radical (unpaired) electrons. The molecule has 0 bridgehead atoms. The van der Waals surface area contributed by atoms with Crippen LogP contribution in [0.3, 0.4) is 0 Å². The van der Waals surface area contributed by atoms with Crippen molar-refractivity contribution in [3.63, 3.8) is 0 Å². The third-order valence-electron chi connectivity index (χ3n) is 5.95. The van der Waals surface area contributed by atoms with E-state index in [0.29, 0.717) is 38.0 Å². The van der Waals surface area contributed by atoms with Crippen molar-refractivity contribution in [3.8, 4) is 0 Å². The van der Waals surface area contributed by atoms with Crippen molar-refractivity contribution >= 4 is 29.1 Å². The van der Waals surface area contributed by atoms with E-state index in [1.807, 2.05) is 62.4 Å². The predicted octanol–water partition coefficient (Wildman–Crippen LogP) is 3.75. The summed E-state index contributed by atoms with van der Waals surface area (Å²) in [6, 6.07) is 14.8. The van der Waals surface area contributed by atoms with E-state index < -0.39 is 6.04 Å². The summed E-state index contributed by atoms with van der Waals surface area (Å²) in [7, 11) is 0. The topological polar surface area (TPSA) is 69.7 Å². The van der Waals surface area contributed by atoms with Crippen molar-refractivity contribution in [2.75, 3.05) is 16.8 Å². The second kappa shape index (κ2) is 8.92. The number of nitrogens with zero attached hydrogens (tertiary/aromatic N) is 2. The Labute approximate surface area is 183 Å². The maximum absolute atomic E-state index is 13.3. The molecular weight excluding hydrogens is 390 g/mol. The summed E-state index contributed by atoms with van der Waals surface area (Å²) in [6.45, 7) is 5.17. The highest BCUT2D eigenvalue weighted by Crippen LogP contribution is 2.27. The molecule has 31 heavy (non-hydrogen) atoms. The number of nitrogens with one attached hydrogen (secondary N) is 1. The van der Waals surface area contributed by atoms with Crippen LogP contribution in [0.5, 0.6) is 0 Å².